The van der Waals surface area contributed by atoms with Crippen LogP contribution in [0.5, 0.6) is 11.5 Å². The van der Waals surface area contributed by atoms with E-state index in [0.717, 1.165) is 28.3 Å². The second-order valence-corrected chi connectivity index (χ2v) is 7.77. The average molecular weight is 418 g/mol. The Kier molecular flexibility index (Phi) is 4.48. The largest absolute Gasteiger partial charge is 0.454 e. The highest BCUT2D eigenvalue weighted by atomic mass is 32.1. The van der Waals surface area contributed by atoms with Gasteiger partial charge in [-0.2, -0.15) is 9.78 Å². The number of hydrogen-bond acceptors (Lipinski definition) is 6. The summed E-state index contributed by atoms with van der Waals surface area (Å²) in [4.78, 5) is 17.5. The zero-order valence-electron chi connectivity index (χ0n) is 16.4. The number of thiazole rings is 1. The van der Waals surface area contributed by atoms with Crippen LogP contribution in [0.25, 0.3) is 16.4 Å². The van der Waals surface area contributed by atoms with E-state index in [2.05, 4.69) is 10.4 Å². The Labute approximate surface area is 176 Å². The Morgan fingerprint density at radius 3 is 2.80 bits per heavy atom. The third-order valence-electron chi connectivity index (χ3n) is 4.80. The number of rotatable bonds is 4. The SMILES string of the molecule is Cc1cc(NC(=O)c2ccccc2C)n(-c2nc(-c3ccc4c(c3)OCO4)cs2)n1. The van der Waals surface area contributed by atoms with E-state index in [1.807, 2.05) is 61.7 Å². The topological polar surface area (TPSA) is 78.3 Å². The second kappa shape index (κ2) is 7.31. The third-order valence-corrected chi connectivity index (χ3v) is 5.62. The van der Waals surface area contributed by atoms with E-state index < -0.39 is 0 Å². The van der Waals surface area contributed by atoms with Gasteiger partial charge in [0.05, 0.1) is 11.4 Å². The van der Waals surface area contributed by atoms with Crippen molar-refractivity contribution in [2.75, 3.05) is 12.1 Å². The number of nitrogens with zero attached hydrogens (tertiary/aromatic N) is 3. The number of carbonyl (C=O) groups excluding carboxylic acids is 1. The summed E-state index contributed by atoms with van der Waals surface area (Å²) in [7, 11) is 0. The Morgan fingerprint density at radius 2 is 1.93 bits per heavy atom. The van der Waals surface area contributed by atoms with Crippen LogP contribution in [0, 0.1) is 13.8 Å². The number of fused-ring (bicyclic) bond motifs is 1. The fourth-order valence-corrected chi connectivity index (χ4v) is 4.09. The van der Waals surface area contributed by atoms with Gasteiger partial charge in [-0.25, -0.2) is 4.98 Å². The minimum absolute atomic E-state index is 0.179. The molecule has 0 radical (unpaired) electrons. The van der Waals surface area contributed by atoms with Crippen molar-refractivity contribution in [2.45, 2.75) is 13.8 Å². The highest BCUT2D eigenvalue weighted by Crippen LogP contribution is 2.36. The number of amides is 1. The Hall–Kier alpha value is -3.65. The molecule has 150 valence electrons. The van der Waals surface area contributed by atoms with Gasteiger partial charge in [-0.1, -0.05) is 18.2 Å². The molecular weight excluding hydrogens is 400 g/mol. The summed E-state index contributed by atoms with van der Waals surface area (Å²) in [5.41, 5.74) is 4.06. The number of anilines is 1. The summed E-state index contributed by atoms with van der Waals surface area (Å²) in [6.07, 6.45) is 0. The van der Waals surface area contributed by atoms with E-state index in [1.54, 1.807) is 10.7 Å². The minimum atomic E-state index is -0.179. The molecule has 0 bridgehead atoms. The number of ether oxygens (including phenoxy) is 2. The lowest BCUT2D eigenvalue weighted by Crippen LogP contribution is -2.16. The Morgan fingerprint density at radius 1 is 1.10 bits per heavy atom. The van der Waals surface area contributed by atoms with Crippen molar-refractivity contribution in [3.63, 3.8) is 0 Å². The predicted octanol–water partition coefficient (Wildman–Crippen LogP) is 4.59. The fourth-order valence-electron chi connectivity index (χ4n) is 3.30. The van der Waals surface area contributed by atoms with Crippen molar-refractivity contribution in [3.05, 3.63) is 70.7 Å². The molecule has 4 aromatic rings. The number of aryl methyl sites for hydroxylation is 2. The summed E-state index contributed by atoms with van der Waals surface area (Å²) in [5, 5.41) is 10.1. The van der Waals surface area contributed by atoms with Crippen LogP contribution in [-0.4, -0.2) is 27.5 Å². The Bertz CT molecular complexity index is 1260. The molecule has 1 aliphatic rings. The van der Waals surface area contributed by atoms with E-state index in [0.29, 0.717) is 22.3 Å². The molecule has 8 heteroatoms. The molecule has 0 unspecified atom stereocenters. The van der Waals surface area contributed by atoms with Crippen molar-refractivity contribution in [1.82, 2.24) is 14.8 Å². The van der Waals surface area contributed by atoms with Gasteiger partial charge in [0.15, 0.2) is 11.5 Å². The molecule has 0 fully saturated rings. The van der Waals surface area contributed by atoms with E-state index in [-0.39, 0.29) is 12.7 Å². The predicted molar refractivity (Wildman–Crippen MR) is 115 cm³/mol. The van der Waals surface area contributed by atoms with E-state index in [1.165, 1.54) is 11.3 Å². The summed E-state index contributed by atoms with van der Waals surface area (Å²) in [6.45, 7) is 4.03. The van der Waals surface area contributed by atoms with Gasteiger partial charge in [0, 0.05) is 22.6 Å². The first-order chi connectivity index (χ1) is 14.6. The molecule has 0 saturated carbocycles. The zero-order chi connectivity index (χ0) is 20.7. The third kappa shape index (κ3) is 3.31. The maximum atomic E-state index is 12.8. The number of benzene rings is 2. The quantitative estimate of drug-likeness (QED) is 0.524. The summed E-state index contributed by atoms with van der Waals surface area (Å²) in [5.74, 6) is 1.84. The average Bonchev–Trinajstić information content (AvgIpc) is 3.47. The number of carbonyl (C=O) groups is 1. The molecule has 5 rings (SSSR count). The first kappa shape index (κ1) is 18.4. The van der Waals surface area contributed by atoms with Crippen molar-refractivity contribution in [3.8, 4) is 27.9 Å². The van der Waals surface area contributed by atoms with Crippen LogP contribution in [0.3, 0.4) is 0 Å². The van der Waals surface area contributed by atoms with Gasteiger partial charge in [0.25, 0.3) is 5.91 Å². The fraction of sp³-hybridized carbons (Fsp3) is 0.136. The number of nitrogens with one attached hydrogen (secondary N) is 1. The van der Waals surface area contributed by atoms with Gasteiger partial charge in [-0.3, -0.25) is 4.79 Å². The van der Waals surface area contributed by atoms with Gasteiger partial charge in [-0.05, 0) is 43.7 Å². The van der Waals surface area contributed by atoms with Gasteiger partial charge in [0.2, 0.25) is 11.9 Å². The molecule has 0 saturated heterocycles. The molecule has 30 heavy (non-hydrogen) atoms. The maximum absolute atomic E-state index is 12.8. The molecule has 2 aromatic carbocycles. The van der Waals surface area contributed by atoms with Crippen LogP contribution < -0.4 is 14.8 Å². The molecule has 0 atom stereocenters. The Balaban J connectivity index is 1.45. The van der Waals surface area contributed by atoms with Gasteiger partial charge < -0.3 is 14.8 Å². The lowest BCUT2D eigenvalue weighted by atomic mass is 10.1. The molecule has 1 N–H and O–H groups in total. The van der Waals surface area contributed by atoms with Crippen molar-refractivity contribution in [2.24, 2.45) is 0 Å². The standard InChI is InChI=1S/C22H18N4O3S/c1-13-5-3-4-6-16(13)21(27)24-20-9-14(2)25-26(20)22-23-17(11-30-22)15-7-8-18-19(10-15)29-12-28-18/h3-11H,12H2,1-2H3,(H,24,27). The van der Waals surface area contributed by atoms with Crippen LogP contribution in [0.1, 0.15) is 21.6 Å². The van der Waals surface area contributed by atoms with E-state index in [4.69, 9.17) is 14.5 Å². The normalized spacial score (nSPS) is 12.2. The van der Waals surface area contributed by atoms with E-state index >= 15 is 0 Å². The molecule has 2 aromatic heterocycles. The first-order valence-electron chi connectivity index (χ1n) is 9.38. The molecule has 0 spiro atoms. The van der Waals surface area contributed by atoms with Gasteiger partial charge in [0.1, 0.15) is 5.82 Å². The maximum Gasteiger partial charge on any atom is 0.257 e. The monoisotopic (exact) mass is 418 g/mol. The summed E-state index contributed by atoms with van der Waals surface area (Å²) in [6, 6.07) is 15.0. The summed E-state index contributed by atoms with van der Waals surface area (Å²) < 4.78 is 12.5. The van der Waals surface area contributed by atoms with Crippen LogP contribution >= 0.6 is 11.3 Å². The number of aromatic nitrogens is 3. The van der Waals surface area contributed by atoms with Gasteiger partial charge >= 0.3 is 0 Å². The molecule has 1 amide bonds. The highest BCUT2D eigenvalue weighted by Gasteiger charge is 2.18. The zero-order valence-corrected chi connectivity index (χ0v) is 17.2. The second-order valence-electron chi connectivity index (χ2n) is 6.94. The molecule has 3 heterocycles. The molecule has 0 aliphatic carbocycles. The number of hydrogen-bond donors (Lipinski definition) is 1. The molecule has 7 nitrogen and oxygen atoms in total. The first-order valence-corrected chi connectivity index (χ1v) is 10.3. The van der Waals surface area contributed by atoms with Crippen LogP contribution in [0.2, 0.25) is 0 Å². The van der Waals surface area contributed by atoms with Gasteiger partial charge in [-0.15, -0.1) is 11.3 Å². The van der Waals surface area contributed by atoms with E-state index in [9.17, 15) is 4.79 Å². The van der Waals surface area contributed by atoms with Crippen molar-refractivity contribution in [1.29, 1.82) is 0 Å². The van der Waals surface area contributed by atoms with Crippen LogP contribution in [0.15, 0.2) is 53.9 Å². The lowest BCUT2D eigenvalue weighted by Gasteiger charge is -2.08. The molecular formula is C22H18N4O3S. The van der Waals surface area contributed by atoms with Crippen LogP contribution in [-0.2, 0) is 0 Å². The lowest BCUT2D eigenvalue weighted by molar-refractivity contribution is 0.102. The molecule has 1 aliphatic heterocycles. The highest BCUT2D eigenvalue weighted by molar-refractivity contribution is 7.12. The smallest absolute Gasteiger partial charge is 0.257 e. The minimum Gasteiger partial charge on any atom is -0.454 e. The van der Waals surface area contributed by atoms with Crippen LogP contribution in [0.4, 0.5) is 5.82 Å². The van der Waals surface area contributed by atoms with Crippen molar-refractivity contribution < 1.29 is 14.3 Å². The van der Waals surface area contributed by atoms with Crippen molar-refractivity contribution >= 4 is 23.1 Å². The summed E-state index contributed by atoms with van der Waals surface area (Å²) >= 11 is 1.45.